The Morgan fingerprint density at radius 2 is 1.21 bits per heavy atom. The molecule has 2 aromatic carbocycles. The highest BCUT2D eigenvalue weighted by Gasteiger charge is 2.55. The lowest BCUT2D eigenvalue weighted by Gasteiger charge is -2.58. The van der Waals surface area contributed by atoms with Crippen LogP contribution in [0.4, 0.5) is 26.3 Å². The van der Waals surface area contributed by atoms with Crippen LogP contribution in [-0.2, 0) is 12.4 Å². The molecule has 2 atom stereocenters. The molecule has 0 radical (unpaired) electrons. The molecular formula is C21H21F6N2+. The van der Waals surface area contributed by atoms with E-state index < -0.39 is 35.6 Å². The van der Waals surface area contributed by atoms with E-state index in [-0.39, 0.29) is 11.1 Å². The predicted molar refractivity (Wildman–Crippen MR) is 95.9 cm³/mol. The first kappa shape index (κ1) is 20.2. The van der Waals surface area contributed by atoms with Crippen LogP contribution in [0.5, 0.6) is 0 Å². The van der Waals surface area contributed by atoms with Crippen molar-refractivity contribution in [3.05, 3.63) is 70.8 Å². The highest BCUT2D eigenvalue weighted by atomic mass is 19.4. The van der Waals surface area contributed by atoms with Crippen LogP contribution in [-0.4, -0.2) is 42.6 Å². The molecule has 0 unspecified atom stereocenters. The maximum absolute atomic E-state index is 13.8. The number of hydrogen-bond donors (Lipinski definition) is 0. The molecule has 0 spiro atoms. The maximum Gasteiger partial charge on any atom is 0.416 e. The Balaban J connectivity index is 1.94. The molecule has 0 aromatic heterocycles. The van der Waals surface area contributed by atoms with Crippen LogP contribution in [0.15, 0.2) is 48.5 Å². The molecule has 0 amide bonds. The van der Waals surface area contributed by atoms with E-state index in [1.54, 1.807) is 0 Å². The van der Waals surface area contributed by atoms with Crippen molar-refractivity contribution in [1.82, 2.24) is 4.90 Å². The van der Waals surface area contributed by atoms with Crippen molar-refractivity contribution < 1.29 is 30.8 Å². The molecule has 0 N–H and O–H groups in total. The highest BCUT2D eigenvalue weighted by Crippen LogP contribution is 2.52. The van der Waals surface area contributed by atoms with Crippen LogP contribution >= 0.6 is 0 Å². The molecule has 5 rings (SSSR count). The standard InChI is InChI=1S/C21H21F6N2/c1-29-12-10-28(11-13-29)18(14-6-2-4-8-16(14)20(22,23)24)19(29)15-7-3-5-9-17(15)21(25,26)27/h2-9,18-19H,10-13H2,1H3/q+1/t18-,19-/m0/s1. The summed E-state index contributed by atoms with van der Waals surface area (Å²) >= 11 is 0. The smallest absolute Gasteiger partial charge is 0.316 e. The second kappa shape index (κ2) is 6.74. The van der Waals surface area contributed by atoms with Crippen molar-refractivity contribution in [1.29, 1.82) is 0 Å². The molecule has 3 saturated heterocycles. The van der Waals surface area contributed by atoms with Crippen LogP contribution in [0.3, 0.4) is 0 Å². The van der Waals surface area contributed by atoms with Crippen molar-refractivity contribution in [2.45, 2.75) is 24.4 Å². The number of likely N-dealkylation sites (N-methyl/N-ethyl adjacent to an activating group) is 1. The average molecular weight is 415 g/mol. The summed E-state index contributed by atoms with van der Waals surface area (Å²) in [6.07, 6.45) is -9.15. The monoisotopic (exact) mass is 415 g/mol. The van der Waals surface area contributed by atoms with Gasteiger partial charge in [0.1, 0.15) is 6.04 Å². The summed E-state index contributed by atoms with van der Waals surface area (Å²) in [6, 6.07) is 9.04. The normalized spacial score (nSPS) is 29.8. The Kier molecular flexibility index (Phi) is 4.70. The lowest BCUT2D eigenvalue weighted by atomic mass is 9.81. The summed E-state index contributed by atoms with van der Waals surface area (Å²) in [5.74, 6) is 0. The fourth-order valence-corrected chi connectivity index (χ4v) is 4.93. The zero-order valence-electron chi connectivity index (χ0n) is 15.8. The predicted octanol–water partition coefficient (Wildman–Crippen LogP) is 5.28. The molecule has 2 nitrogen and oxygen atoms in total. The van der Waals surface area contributed by atoms with E-state index in [4.69, 9.17) is 0 Å². The third-order valence-corrected chi connectivity index (χ3v) is 6.33. The minimum absolute atomic E-state index is 0.0470. The van der Waals surface area contributed by atoms with E-state index in [9.17, 15) is 26.3 Å². The molecule has 8 heteroatoms. The van der Waals surface area contributed by atoms with Crippen molar-refractivity contribution in [2.24, 2.45) is 0 Å². The lowest BCUT2D eigenvalue weighted by Crippen LogP contribution is -2.67. The van der Waals surface area contributed by atoms with E-state index in [1.165, 1.54) is 36.4 Å². The second-order valence-electron chi connectivity index (χ2n) is 8.02. The number of piperazine rings is 3. The average Bonchev–Trinajstić information content (AvgIpc) is 2.66. The molecule has 3 aliphatic heterocycles. The van der Waals surface area contributed by atoms with Gasteiger partial charge >= 0.3 is 12.4 Å². The first-order valence-electron chi connectivity index (χ1n) is 9.43. The van der Waals surface area contributed by atoms with E-state index in [0.717, 1.165) is 12.1 Å². The van der Waals surface area contributed by atoms with Gasteiger partial charge in [-0.2, -0.15) is 26.3 Å². The van der Waals surface area contributed by atoms with Gasteiger partial charge in [-0.05, 0) is 17.7 Å². The van der Waals surface area contributed by atoms with E-state index in [1.807, 2.05) is 11.9 Å². The molecule has 3 aliphatic rings. The summed E-state index contributed by atoms with van der Waals surface area (Å²) in [6.45, 7) is 2.30. The van der Waals surface area contributed by atoms with Gasteiger partial charge in [0.2, 0.25) is 0 Å². The number of nitrogens with zero attached hydrogens (tertiary/aromatic N) is 2. The van der Waals surface area contributed by atoms with Gasteiger partial charge in [0.05, 0.1) is 37.3 Å². The van der Waals surface area contributed by atoms with E-state index >= 15 is 0 Å². The van der Waals surface area contributed by atoms with Crippen LogP contribution in [0, 0.1) is 0 Å². The second-order valence-corrected chi connectivity index (χ2v) is 8.02. The summed E-state index contributed by atoms with van der Waals surface area (Å²) in [7, 11) is 1.86. The number of benzene rings is 2. The molecule has 2 bridgehead atoms. The van der Waals surface area contributed by atoms with Gasteiger partial charge in [0, 0.05) is 18.7 Å². The summed E-state index contributed by atoms with van der Waals surface area (Å²) in [5.41, 5.74) is -1.44. The zero-order chi connectivity index (χ0) is 21.0. The molecule has 3 heterocycles. The zero-order valence-corrected chi connectivity index (χ0v) is 15.8. The van der Waals surface area contributed by atoms with Gasteiger partial charge in [-0.25, -0.2) is 0 Å². The van der Waals surface area contributed by atoms with E-state index in [0.29, 0.717) is 30.7 Å². The Bertz CT molecular complexity index is 897. The summed E-state index contributed by atoms with van der Waals surface area (Å²) in [5, 5.41) is 0. The molecule has 0 saturated carbocycles. The number of alkyl halides is 6. The van der Waals surface area contributed by atoms with Crippen molar-refractivity contribution >= 4 is 0 Å². The van der Waals surface area contributed by atoms with Crippen LogP contribution < -0.4 is 0 Å². The number of rotatable bonds is 2. The Labute approximate surface area is 164 Å². The summed E-state index contributed by atoms with van der Waals surface area (Å²) < 4.78 is 82.8. The van der Waals surface area contributed by atoms with Gasteiger partial charge in [-0.3, -0.25) is 4.90 Å². The topological polar surface area (TPSA) is 3.24 Å². The minimum Gasteiger partial charge on any atom is -0.316 e. The molecule has 29 heavy (non-hydrogen) atoms. The van der Waals surface area contributed by atoms with Crippen LogP contribution in [0.2, 0.25) is 0 Å². The third kappa shape index (κ3) is 3.42. The fourth-order valence-electron chi connectivity index (χ4n) is 4.93. The Morgan fingerprint density at radius 3 is 1.72 bits per heavy atom. The fraction of sp³-hybridized carbons (Fsp3) is 0.429. The van der Waals surface area contributed by atoms with Crippen LogP contribution in [0.25, 0.3) is 0 Å². The van der Waals surface area contributed by atoms with Crippen LogP contribution in [0.1, 0.15) is 34.3 Å². The number of halogens is 6. The summed E-state index contributed by atoms with van der Waals surface area (Å²) in [4.78, 5) is 1.91. The highest BCUT2D eigenvalue weighted by molar-refractivity contribution is 5.39. The largest absolute Gasteiger partial charge is 0.416 e. The lowest BCUT2D eigenvalue weighted by molar-refractivity contribution is -0.958. The van der Waals surface area contributed by atoms with Gasteiger partial charge in [-0.1, -0.05) is 36.4 Å². The Morgan fingerprint density at radius 1 is 0.759 bits per heavy atom. The number of hydrogen-bond acceptors (Lipinski definition) is 1. The number of quaternary nitrogens is 1. The Hall–Kier alpha value is -2.06. The maximum atomic E-state index is 13.8. The minimum atomic E-state index is -4.57. The third-order valence-electron chi connectivity index (χ3n) is 6.33. The first-order chi connectivity index (χ1) is 13.5. The molecule has 0 aliphatic carbocycles. The van der Waals surface area contributed by atoms with E-state index in [2.05, 4.69) is 0 Å². The SMILES string of the molecule is C[N+]12CCN(CC1)[C@@H](c1ccccc1C(F)(F)F)[C@@H]2c1ccccc1C(F)(F)F. The first-order valence-corrected chi connectivity index (χ1v) is 9.43. The molecular weight excluding hydrogens is 394 g/mol. The molecule has 3 fully saturated rings. The molecule has 2 aromatic rings. The van der Waals surface area contributed by atoms with Gasteiger partial charge < -0.3 is 4.48 Å². The van der Waals surface area contributed by atoms with Crippen molar-refractivity contribution in [3.63, 3.8) is 0 Å². The quantitative estimate of drug-likeness (QED) is 0.476. The van der Waals surface area contributed by atoms with Gasteiger partial charge in [-0.15, -0.1) is 0 Å². The van der Waals surface area contributed by atoms with Crippen molar-refractivity contribution in [2.75, 3.05) is 33.2 Å². The van der Waals surface area contributed by atoms with Crippen molar-refractivity contribution in [3.8, 4) is 0 Å². The number of fused-ring (bicyclic) bond motifs is 3. The van der Waals surface area contributed by atoms with Gasteiger partial charge in [0.25, 0.3) is 0 Å². The van der Waals surface area contributed by atoms with Gasteiger partial charge in [0.15, 0.2) is 0 Å². The molecule has 156 valence electrons.